The van der Waals surface area contributed by atoms with Gasteiger partial charge in [0.05, 0.1) is 17.0 Å². The summed E-state index contributed by atoms with van der Waals surface area (Å²) in [6.07, 6.45) is 4.14. The lowest BCUT2D eigenvalue weighted by molar-refractivity contribution is 0.0783. The van der Waals surface area contributed by atoms with E-state index in [0.717, 1.165) is 48.8 Å². The first-order valence-electron chi connectivity index (χ1n) is 9.49. The number of hydrogen-bond acceptors (Lipinski definition) is 3. The Kier molecular flexibility index (Phi) is 4.64. The second-order valence-corrected chi connectivity index (χ2v) is 7.07. The standard InChI is InChI=1S/C21H25FN4O/c1-3-24-11-9-19(20-18(21(24)27)8-10-23(20)2)26-14-12-25(13-15-26)17-6-4-16(22)5-7-17/h4-10H,3,11-15H2,1-2H3. The fourth-order valence-electron chi connectivity index (χ4n) is 3.98. The summed E-state index contributed by atoms with van der Waals surface area (Å²) < 4.78 is 15.2. The number of piperazine rings is 1. The molecule has 1 saturated heterocycles. The normalized spacial score (nSPS) is 17.7. The van der Waals surface area contributed by atoms with E-state index in [4.69, 9.17) is 0 Å². The van der Waals surface area contributed by atoms with Gasteiger partial charge in [0.15, 0.2) is 0 Å². The van der Waals surface area contributed by atoms with Crippen molar-refractivity contribution in [3.05, 3.63) is 59.7 Å². The average Bonchev–Trinajstić information content (AvgIpc) is 3.00. The van der Waals surface area contributed by atoms with E-state index in [9.17, 15) is 9.18 Å². The molecule has 2 aliphatic heterocycles. The number of benzene rings is 1. The highest BCUT2D eigenvalue weighted by molar-refractivity contribution is 5.99. The monoisotopic (exact) mass is 368 g/mol. The molecule has 6 heteroatoms. The molecule has 2 aliphatic rings. The van der Waals surface area contributed by atoms with Crippen molar-refractivity contribution < 1.29 is 9.18 Å². The first-order valence-corrected chi connectivity index (χ1v) is 9.49. The minimum atomic E-state index is -0.206. The molecule has 0 N–H and O–H groups in total. The second-order valence-electron chi connectivity index (χ2n) is 7.07. The van der Waals surface area contributed by atoms with Gasteiger partial charge in [0.25, 0.3) is 5.91 Å². The second kappa shape index (κ2) is 7.10. The highest BCUT2D eigenvalue weighted by Crippen LogP contribution is 2.29. The average molecular weight is 368 g/mol. The maximum atomic E-state index is 13.2. The van der Waals surface area contributed by atoms with Gasteiger partial charge < -0.3 is 19.3 Å². The van der Waals surface area contributed by atoms with Gasteiger partial charge in [-0.15, -0.1) is 0 Å². The Balaban J connectivity index is 1.56. The summed E-state index contributed by atoms with van der Waals surface area (Å²) in [6, 6.07) is 8.62. The van der Waals surface area contributed by atoms with Crippen molar-refractivity contribution >= 4 is 17.3 Å². The fraction of sp³-hybridized carbons (Fsp3) is 0.381. The van der Waals surface area contributed by atoms with Gasteiger partial charge in [-0.05, 0) is 43.3 Å². The number of carbonyl (C=O) groups excluding carboxylic acids is 1. The number of halogens is 1. The van der Waals surface area contributed by atoms with Crippen LogP contribution in [0.2, 0.25) is 0 Å². The molecule has 0 radical (unpaired) electrons. The number of hydrogen-bond donors (Lipinski definition) is 0. The fourth-order valence-corrected chi connectivity index (χ4v) is 3.98. The Morgan fingerprint density at radius 1 is 1.00 bits per heavy atom. The summed E-state index contributed by atoms with van der Waals surface area (Å²) in [7, 11) is 2.00. The Morgan fingerprint density at radius 3 is 2.33 bits per heavy atom. The molecule has 142 valence electrons. The Bertz CT molecular complexity index is 863. The van der Waals surface area contributed by atoms with E-state index >= 15 is 0 Å². The molecule has 1 aromatic heterocycles. The molecular weight excluding hydrogens is 343 g/mol. The van der Waals surface area contributed by atoms with E-state index < -0.39 is 0 Å². The summed E-state index contributed by atoms with van der Waals surface area (Å²) in [4.78, 5) is 19.3. The van der Waals surface area contributed by atoms with Crippen molar-refractivity contribution in [1.29, 1.82) is 0 Å². The van der Waals surface area contributed by atoms with Crippen LogP contribution < -0.4 is 4.90 Å². The number of aryl methyl sites for hydroxylation is 1. The smallest absolute Gasteiger partial charge is 0.256 e. The highest BCUT2D eigenvalue weighted by Gasteiger charge is 2.29. The van der Waals surface area contributed by atoms with E-state index in [1.54, 1.807) is 0 Å². The third-order valence-electron chi connectivity index (χ3n) is 5.53. The molecule has 0 spiro atoms. The van der Waals surface area contributed by atoms with Crippen molar-refractivity contribution in [3.8, 4) is 0 Å². The van der Waals surface area contributed by atoms with Gasteiger partial charge in [-0.25, -0.2) is 4.39 Å². The Labute approximate surface area is 159 Å². The van der Waals surface area contributed by atoms with Crippen LogP contribution in [0.15, 0.2) is 42.6 Å². The number of nitrogens with zero attached hydrogens (tertiary/aromatic N) is 4. The summed E-state index contributed by atoms with van der Waals surface area (Å²) in [5, 5.41) is 0. The largest absolute Gasteiger partial charge is 0.368 e. The SMILES string of the molecule is CCN1CC=C(N2CCN(c3ccc(F)cc3)CC2)c2c(ccn2C)C1=O. The van der Waals surface area contributed by atoms with E-state index in [1.807, 2.05) is 47.8 Å². The van der Waals surface area contributed by atoms with E-state index in [1.165, 1.54) is 12.1 Å². The number of fused-ring (bicyclic) bond motifs is 1. The van der Waals surface area contributed by atoms with Gasteiger partial charge in [-0.3, -0.25) is 4.79 Å². The first-order chi connectivity index (χ1) is 13.1. The van der Waals surface area contributed by atoms with Gasteiger partial charge >= 0.3 is 0 Å². The Hall–Kier alpha value is -2.76. The number of aromatic nitrogens is 1. The van der Waals surface area contributed by atoms with Gasteiger partial charge in [0, 0.05) is 58.2 Å². The molecule has 1 fully saturated rings. The third kappa shape index (κ3) is 3.20. The molecule has 2 aromatic rings. The lowest BCUT2D eigenvalue weighted by Gasteiger charge is -2.38. The summed E-state index contributed by atoms with van der Waals surface area (Å²) in [6.45, 7) is 6.83. The zero-order valence-electron chi connectivity index (χ0n) is 15.9. The van der Waals surface area contributed by atoms with E-state index in [-0.39, 0.29) is 11.7 Å². The topological polar surface area (TPSA) is 31.7 Å². The summed E-state index contributed by atoms with van der Waals surface area (Å²) in [5.41, 5.74) is 3.98. The van der Waals surface area contributed by atoms with Crippen LogP contribution in [0.3, 0.4) is 0 Å². The van der Waals surface area contributed by atoms with Crippen molar-refractivity contribution in [2.75, 3.05) is 44.2 Å². The van der Waals surface area contributed by atoms with Crippen LogP contribution in [0, 0.1) is 5.82 Å². The molecule has 1 aromatic carbocycles. The third-order valence-corrected chi connectivity index (χ3v) is 5.53. The van der Waals surface area contributed by atoms with Gasteiger partial charge in [-0.1, -0.05) is 0 Å². The summed E-state index contributed by atoms with van der Waals surface area (Å²) >= 11 is 0. The van der Waals surface area contributed by atoms with Crippen LogP contribution in [0.5, 0.6) is 0 Å². The molecule has 1 amide bonds. The van der Waals surface area contributed by atoms with Crippen LogP contribution in [0.25, 0.3) is 5.70 Å². The van der Waals surface area contributed by atoms with Crippen molar-refractivity contribution in [2.24, 2.45) is 7.05 Å². The van der Waals surface area contributed by atoms with Crippen LogP contribution in [0.1, 0.15) is 23.0 Å². The van der Waals surface area contributed by atoms with Gasteiger partial charge in [0.2, 0.25) is 0 Å². The van der Waals surface area contributed by atoms with Crippen molar-refractivity contribution in [1.82, 2.24) is 14.4 Å². The number of rotatable bonds is 3. The predicted octanol–water partition coefficient (Wildman–Crippen LogP) is 2.80. The highest BCUT2D eigenvalue weighted by atomic mass is 19.1. The van der Waals surface area contributed by atoms with Gasteiger partial charge in [0.1, 0.15) is 5.82 Å². The molecular formula is C21H25FN4O. The van der Waals surface area contributed by atoms with E-state index in [0.29, 0.717) is 13.1 Å². The minimum absolute atomic E-state index is 0.101. The predicted molar refractivity (Wildman–Crippen MR) is 105 cm³/mol. The molecule has 4 rings (SSSR count). The molecule has 0 atom stereocenters. The quantitative estimate of drug-likeness (QED) is 0.835. The lowest BCUT2D eigenvalue weighted by Crippen LogP contribution is -2.45. The van der Waals surface area contributed by atoms with Crippen LogP contribution in [0.4, 0.5) is 10.1 Å². The molecule has 3 heterocycles. The number of carbonyl (C=O) groups is 1. The van der Waals surface area contributed by atoms with E-state index in [2.05, 4.69) is 15.9 Å². The summed E-state index contributed by atoms with van der Waals surface area (Å²) in [5.74, 6) is -0.105. The molecule has 27 heavy (non-hydrogen) atoms. The number of likely N-dealkylation sites (N-methyl/N-ethyl adjacent to an activating group) is 1. The number of anilines is 1. The zero-order valence-corrected chi connectivity index (χ0v) is 15.9. The van der Waals surface area contributed by atoms with Crippen molar-refractivity contribution in [3.63, 3.8) is 0 Å². The molecule has 0 saturated carbocycles. The van der Waals surface area contributed by atoms with Gasteiger partial charge in [-0.2, -0.15) is 0 Å². The van der Waals surface area contributed by atoms with Crippen LogP contribution >= 0.6 is 0 Å². The molecule has 0 aliphatic carbocycles. The Morgan fingerprint density at radius 2 is 1.67 bits per heavy atom. The molecule has 5 nitrogen and oxygen atoms in total. The van der Waals surface area contributed by atoms with Crippen LogP contribution in [-0.2, 0) is 7.05 Å². The first kappa shape index (κ1) is 17.6. The zero-order chi connectivity index (χ0) is 19.0. The lowest BCUT2D eigenvalue weighted by atomic mass is 10.1. The van der Waals surface area contributed by atoms with Crippen molar-refractivity contribution in [2.45, 2.75) is 6.92 Å². The maximum Gasteiger partial charge on any atom is 0.256 e. The minimum Gasteiger partial charge on any atom is -0.368 e. The molecule has 0 unspecified atom stereocenters. The molecule has 0 bridgehead atoms. The maximum absolute atomic E-state index is 13.2. The number of amides is 1. The van der Waals surface area contributed by atoms with Crippen LogP contribution in [-0.4, -0.2) is 59.5 Å².